The lowest BCUT2D eigenvalue weighted by Gasteiger charge is -2.24. The number of likely N-dealkylation sites (tertiary alicyclic amines) is 2. The highest BCUT2D eigenvalue weighted by Crippen LogP contribution is 2.24. The second kappa shape index (κ2) is 14.5. The molecule has 204 valence electrons. The summed E-state index contributed by atoms with van der Waals surface area (Å²) < 4.78 is 15.5. The number of amides is 2. The lowest BCUT2D eigenvalue weighted by molar-refractivity contribution is -0.143. The van der Waals surface area contributed by atoms with Gasteiger partial charge in [-0.15, -0.1) is 0 Å². The Balaban J connectivity index is 0.000000355. The number of ether oxygens (including phenoxy) is 3. The van der Waals surface area contributed by atoms with Gasteiger partial charge in [0, 0.05) is 39.2 Å². The highest BCUT2D eigenvalue weighted by molar-refractivity contribution is 5.70. The molecule has 2 fully saturated rings. The van der Waals surface area contributed by atoms with E-state index in [2.05, 4.69) is 0 Å². The lowest BCUT2D eigenvalue weighted by Crippen LogP contribution is -2.35. The Morgan fingerprint density at radius 1 is 0.829 bits per heavy atom. The van der Waals surface area contributed by atoms with Gasteiger partial charge in [0.25, 0.3) is 0 Å². The molecule has 2 atom stereocenters. The van der Waals surface area contributed by atoms with Crippen LogP contribution in [0.5, 0.6) is 0 Å². The van der Waals surface area contributed by atoms with Crippen molar-refractivity contribution in [1.29, 1.82) is 0 Å². The lowest BCUT2D eigenvalue weighted by atomic mass is 10.0. The van der Waals surface area contributed by atoms with E-state index in [9.17, 15) is 14.4 Å². The molecule has 0 radical (unpaired) electrons. The minimum absolute atomic E-state index is 0.154. The zero-order valence-electron chi connectivity index (χ0n) is 22.9. The van der Waals surface area contributed by atoms with E-state index in [1.807, 2.05) is 41.5 Å². The predicted octanol–water partition coefficient (Wildman–Crippen LogP) is 4.60. The van der Waals surface area contributed by atoms with Gasteiger partial charge in [0.2, 0.25) is 0 Å². The van der Waals surface area contributed by atoms with E-state index >= 15 is 0 Å². The fourth-order valence-corrected chi connectivity index (χ4v) is 4.06. The Bertz CT molecular complexity index is 670. The standard InChI is InChI=1S/C14H25NO4.C12H23NO3/c1-5-18-12(16)7-6-11-8-9-15(10-11)13(17)19-14(2,3)4;1-12(2,3)16-11(15)13-7-6-10(9-13)5-4-8-14/h11H,5-10H2,1-4H3;10,14H,4-9H2,1-3H3/t11-;10-/m00/s1. The molecule has 0 unspecified atom stereocenters. The van der Waals surface area contributed by atoms with Gasteiger partial charge in [-0.05, 0) is 92.4 Å². The molecule has 0 spiro atoms. The zero-order chi connectivity index (χ0) is 26.6. The summed E-state index contributed by atoms with van der Waals surface area (Å²) in [5.41, 5.74) is -0.875. The Labute approximate surface area is 211 Å². The topological polar surface area (TPSA) is 106 Å². The number of hydrogen-bond donors (Lipinski definition) is 1. The van der Waals surface area contributed by atoms with Gasteiger partial charge < -0.3 is 29.1 Å². The van der Waals surface area contributed by atoms with Crippen molar-refractivity contribution < 1.29 is 33.7 Å². The molecule has 35 heavy (non-hydrogen) atoms. The average molecular weight is 501 g/mol. The number of esters is 1. The first kappa shape index (κ1) is 31.0. The van der Waals surface area contributed by atoms with Crippen LogP contribution in [0, 0.1) is 11.8 Å². The predicted molar refractivity (Wildman–Crippen MR) is 134 cm³/mol. The van der Waals surface area contributed by atoms with Crippen LogP contribution >= 0.6 is 0 Å². The van der Waals surface area contributed by atoms with Gasteiger partial charge in [-0.2, -0.15) is 0 Å². The molecule has 2 amide bonds. The first-order chi connectivity index (χ1) is 16.2. The quantitative estimate of drug-likeness (QED) is 0.402. The normalized spacial score (nSPS) is 20.2. The maximum absolute atomic E-state index is 11.9. The van der Waals surface area contributed by atoms with E-state index in [4.69, 9.17) is 19.3 Å². The Kier molecular flexibility index (Phi) is 12.9. The number of carbonyl (C=O) groups excluding carboxylic acids is 3. The molecule has 9 heteroatoms. The maximum Gasteiger partial charge on any atom is 0.410 e. The van der Waals surface area contributed by atoms with Crippen LogP contribution in [0.4, 0.5) is 9.59 Å². The Hall–Kier alpha value is -2.03. The van der Waals surface area contributed by atoms with Gasteiger partial charge in [0.15, 0.2) is 0 Å². The van der Waals surface area contributed by atoms with E-state index in [1.165, 1.54) is 0 Å². The molecular formula is C26H48N2O7. The summed E-state index contributed by atoms with van der Waals surface area (Å²) in [7, 11) is 0. The molecule has 1 N–H and O–H groups in total. The summed E-state index contributed by atoms with van der Waals surface area (Å²) >= 11 is 0. The molecule has 0 aromatic heterocycles. The molecule has 2 aliphatic rings. The summed E-state index contributed by atoms with van der Waals surface area (Å²) in [4.78, 5) is 38.4. The molecule has 9 nitrogen and oxygen atoms in total. The van der Waals surface area contributed by atoms with Crippen LogP contribution < -0.4 is 0 Å². The van der Waals surface area contributed by atoms with Crippen LogP contribution in [0.2, 0.25) is 0 Å². The fraction of sp³-hybridized carbons (Fsp3) is 0.885. The Morgan fingerprint density at radius 2 is 1.29 bits per heavy atom. The summed E-state index contributed by atoms with van der Waals surface area (Å²) in [6.07, 6.45) is 4.52. The summed E-state index contributed by atoms with van der Waals surface area (Å²) in [5.74, 6) is 0.745. The first-order valence-corrected chi connectivity index (χ1v) is 13.0. The SMILES string of the molecule is CC(C)(C)OC(=O)N1CC[C@H](CCCO)C1.CCOC(=O)CC[C@H]1CCN(C(=O)OC(C)(C)C)C1. The van der Waals surface area contributed by atoms with E-state index in [-0.39, 0.29) is 24.8 Å². The molecule has 0 aliphatic carbocycles. The molecule has 0 aromatic rings. The highest BCUT2D eigenvalue weighted by Gasteiger charge is 2.30. The third kappa shape index (κ3) is 13.6. The number of rotatable bonds is 7. The van der Waals surface area contributed by atoms with Crippen LogP contribution in [0.25, 0.3) is 0 Å². The zero-order valence-corrected chi connectivity index (χ0v) is 22.9. The van der Waals surface area contributed by atoms with E-state index in [0.717, 1.165) is 45.2 Å². The minimum atomic E-state index is -0.458. The van der Waals surface area contributed by atoms with E-state index < -0.39 is 11.2 Å². The van der Waals surface area contributed by atoms with Crippen LogP contribution in [0.1, 0.15) is 87.0 Å². The fourth-order valence-electron chi connectivity index (χ4n) is 4.06. The van der Waals surface area contributed by atoms with E-state index in [0.29, 0.717) is 38.0 Å². The van der Waals surface area contributed by atoms with Crippen molar-refractivity contribution in [2.45, 2.75) is 98.2 Å². The van der Waals surface area contributed by atoms with Crippen molar-refractivity contribution in [1.82, 2.24) is 9.80 Å². The molecule has 2 rings (SSSR count). The second-order valence-corrected chi connectivity index (χ2v) is 11.4. The summed E-state index contributed by atoms with van der Waals surface area (Å²) in [5, 5.41) is 8.75. The molecule has 0 bridgehead atoms. The molecule has 2 aliphatic heterocycles. The summed E-state index contributed by atoms with van der Waals surface area (Å²) in [6, 6.07) is 0. The van der Waals surface area contributed by atoms with Crippen molar-refractivity contribution in [3.8, 4) is 0 Å². The van der Waals surface area contributed by atoms with Crippen molar-refractivity contribution in [2.75, 3.05) is 39.4 Å². The minimum Gasteiger partial charge on any atom is -0.466 e. The number of aliphatic hydroxyl groups is 1. The van der Waals surface area contributed by atoms with Crippen LogP contribution in [-0.2, 0) is 19.0 Å². The summed E-state index contributed by atoms with van der Waals surface area (Å²) in [6.45, 7) is 16.6. The second-order valence-electron chi connectivity index (χ2n) is 11.4. The first-order valence-electron chi connectivity index (χ1n) is 13.0. The highest BCUT2D eigenvalue weighted by atomic mass is 16.6. The smallest absolute Gasteiger partial charge is 0.410 e. The third-order valence-corrected chi connectivity index (χ3v) is 5.71. The molecule has 0 aromatic carbocycles. The van der Waals surface area contributed by atoms with Gasteiger partial charge in [0.1, 0.15) is 11.2 Å². The third-order valence-electron chi connectivity index (χ3n) is 5.71. The number of nitrogens with zero attached hydrogens (tertiary/aromatic N) is 2. The van der Waals surface area contributed by atoms with Gasteiger partial charge >= 0.3 is 18.2 Å². The molecule has 2 saturated heterocycles. The average Bonchev–Trinajstić information content (AvgIpc) is 3.39. The maximum atomic E-state index is 11.9. The molecule has 0 saturated carbocycles. The van der Waals surface area contributed by atoms with Gasteiger partial charge in [-0.25, -0.2) is 9.59 Å². The van der Waals surface area contributed by atoms with E-state index in [1.54, 1.807) is 16.7 Å². The van der Waals surface area contributed by atoms with Crippen LogP contribution in [-0.4, -0.2) is 83.7 Å². The van der Waals surface area contributed by atoms with Crippen molar-refractivity contribution in [3.63, 3.8) is 0 Å². The van der Waals surface area contributed by atoms with Crippen molar-refractivity contribution in [3.05, 3.63) is 0 Å². The van der Waals surface area contributed by atoms with Crippen LogP contribution in [0.3, 0.4) is 0 Å². The number of carbonyl (C=O) groups is 3. The largest absolute Gasteiger partial charge is 0.466 e. The number of hydrogen-bond acceptors (Lipinski definition) is 7. The monoisotopic (exact) mass is 500 g/mol. The van der Waals surface area contributed by atoms with Gasteiger partial charge in [-0.1, -0.05) is 0 Å². The number of aliphatic hydroxyl groups excluding tert-OH is 1. The van der Waals surface area contributed by atoms with Crippen molar-refractivity contribution in [2.24, 2.45) is 11.8 Å². The van der Waals surface area contributed by atoms with Crippen molar-refractivity contribution >= 4 is 18.2 Å². The van der Waals surface area contributed by atoms with Gasteiger partial charge in [-0.3, -0.25) is 4.79 Å². The Morgan fingerprint density at radius 3 is 1.69 bits per heavy atom. The van der Waals surface area contributed by atoms with Gasteiger partial charge in [0.05, 0.1) is 6.61 Å². The van der Waals surface area contributed by atoms with Crippen LogP contribution in [0.15, 0.2) is 0 Å². The molecule has 2 heterocycles. The molecular weight excluding hydrogens is 452 g/mol.